The second kappa shape index (κ2) is 11.3. The molecule has 2 aromatic heterocycles. The number of hydrogen-bond donors (Lipinski definition) is 3. The molecule has 5 rings (SSSR count). The molecule has 0 bridgehead atoms. The van der Waals surface area contributed by atoms with Crippen molar-refractivity contribution in [3.63, 3.8) is 0 Å². The van der Waals surface area contributed by atoms with Crippen molar-refractivity contribution >= 4 is 34.8 Å². The monoisotopic (exact) mass is 566 g/mol. The number of halogens is 2. The SMILES string of the molecule is COc1c(Cl)cccc1Nc1c(-c2ccncc2F)[nH]c2c1C(=O)NCC21CCN(C(=O)/C=C/CN(C)C)CC1. The minimum Gasteiger partial charge on any atom is -0.493 e. The number of hydrogen-bond acceptors (Lipinski definition) is 6. The van der Waals surface area contributed by atoms with Gasteiger partial charge in [-0.2, -0.15) is 0 Å². The Kier molecular flexibility index (Phi) is 7.82. The smallest absolute Gasteiger partial charge is 0.255 e. The van der Waals surface area contributed by atoms with Gasteiger partial charge in [0.05, 0.1) is 41.0 Å². The van der Waals surface area contributed by atoms with Gasteiger partial charge >= 0.3 is 0 Å². The molecule has 0 saturated carbocycles. The Morgan fingerprint density at radius 1 is 1.30 bits per heavy atom. The zero-order valence-electron chi connectivity index (χ0n) is 22.7. The summed E-state index contributed by atoms with van der Waals surface area (Å²) in [4.78, 5) is 37.3. The molecule has 0 unspecified atom stereocenters. The van der Waals surface area contributed by atoms with Crippen molar-refractivity contribution in [2.24, 2.45) is 0 Å². The molecule has 2 aliphatic rings. The lowest BCUT2D eigenvalue weighted by Crippen LogP contribution is -2.53. The molecule has 1 saturated heterocycles. The molecule has 11 heteroatoms. The van der Waals surface area contributed by atoms with Gasteiger partial charge in [-0.25, -0.2) is 4.39 Å². The number of pyridine rings is 1. The highest BCUT2D eigenvalue weighted by atomic mass is 35.5. The highest BCUT2D eigenvalue weighted by molar-refractivity contribution is 6.32. The van der Waals surface area contributed by atoms with Crippen molar-refractivity contribution in [1.29, 1.82) is 0 Å². The van der Waals surface area contributed by atoms with Gasteiger partial charge in [-0.15, -0.1) is 0 Å². The zero-order chi connectivity index (χ0) is 28.4. The van der Waals surface area contributed by atoms with Gasteiger partial charge < -0.3 is 30.2 Å². The van der Waals surface area contributed by atoms with Gasteiger partial charge in [0.2, 0.25) is 5.91 Å². The van der Waals surface area contributed by atoms with Gasteiger partial charge in [0, 0.05) is 55.1 Å². The quantitative estimate of drug-likeness (QED) is 0.368. The average Bonchev–Trinajstić information content (AvgIpc) is 3.32. The Bertz CT molecular complexity index is 1460. The summed E-state index contributed by atoms with van der Waals surface area (Å²) in [5.41, 5.74) is 2.32. The molecular weight excluding hydrogens is 535 g/mol. The van der Waals surface area contributed by atoms with E-state index in [1.54, 1.807) is 30.3 Å². The second-order valence-corrected chi connectivity index (χ2v) is 10.8. The summed E-state index contributed by atoms with van der Waals surface area (Å²) < 4.78 is 20.6. The number of fused-ring (bicyclic) bond motifs is 2. The minimum atomic E-state index is -0.526. The largest absolute Gasteiger partial charge is 0.493 e. The number of nitrogens with one attached hydrogen (secondary N) is 3. The number of amides is 2. The van der Waals surface area contributed by atoms with Crippen molar-refractivity contribution in [2.75, 3.05) is 52.7 Å². The Morgan fingerprint density at radius 3 is 2.77 bits per heavy atom. The molecule has 3 N–H and O–H groups in total. The predicted molar refractivity (Wildman–Crippen MR) is 153 cm³/mol. The Hall–Kier alpha value is -3.89. The van der Waals surface area contributed by atoms with Crippen LogP contribution >= 0.6 is 11.6 Å². The van der Waals surface area contributed by atoms with E-state index in [1.807, 2.05) is 30.0 Å². The summed E-state index contributed by atoms with van der Waals surface area (Å²) in [6.07, 6.45) is 7.38. The second-order valence-electron chi connectivity index (χ2n) is 10.4. The van der Waals surface area contributed by atoms with Crippen LogP contribution in [-0.4, -0.2) is 79.0 Å². The van der Waals surface area contributed by atoms with Crippen LogP contribution in [0, 0.1) is 5.82 Å². The molecule has 4 heterocycles. The Balaban J connectivity index is 1.55. The molecule has 3 aromatic rings. The molecule has 40 heavy (non-hydrogen) atoms. The maximum absolute atomic E-state index is 15.1. The summed E-state index contributed by atoms with van der Waals surface area (Å²) in [7, 11) is 5.40. The Labute approximate surface area is 237 Å². The lowest BCUT2D eigenvalue weighted by Gasteiger charge is -2.43. The van der Waals surface area contributed by atoms with Gasteiger partial charge in [-0.3, -0.25) is 14.6 Å². The molecule has 1 aromatic carbocycles. The van der Waals surface area contributed by atoms with Crippen molar-refractivity contribution in [3.8, 4) is 17.0 Å². The first kappa shape index (κ1) is 27.7. The lowest BCUT2D eigenvalue weighted by molar-refractivity contribution is -0.127. The molecule has 0 aliphatic carbocycles. The molecule has 1 fully saturated rings. The summed E-state index contributed by atoms with van der Waals surface area (Å²) in [6.45, 7) is 2.16. The molecule has 0 atom stereocenters. The fourth-order valence-corrected chi connectivity index (χ4v) is 5.71. The standard InChI is InChI=1S/C29H32ClFN6O3/c1-36(2)13-5-8-22(38)37-14-10-29(11-15-37)17-33-28(39)23-25(34-21-7-4-6-19(30)26(21)40-3)24(35-27(23)29)18-9-12-32-16-20(18)31/h4-9,12,16,34-35H,10-11,13-15,17H2,1-3H3,(H,33,39)/b8-5+. The van der Waals surface area contributed by atoms with E-state index in [4.69, 9.17) is 16.3 Å². The van der Waals surface area contributed by atoms with Crippen LogP contribution < -0.4 is 15.4 Å². The lowest BCUT2D eigenvalue weighted by atomic mass is 9.72. The molecule has 2 amide bonds. The van der Waals surface area contributed by atoms with Crippen molar-refractivity contribution < 1.29 is 18.7 Å². The van der Waals surface area contributed by atoms with Gasteiger partial charge in [0.25, 0.3) is 5.91 Å². The molecule has 2 aliphatic heterocycles. The Morgan fingerprint density at radius 2 is 2.08 bits per heavy atom. The summed E-state index contributed by atoms with van der Waals surface area (Å²) in [5, 5.41) is 6.76. The van der Waals surface area contributed by atoms with E-state index in [0.717, 1.165) is 11.9 Å². The van der Waals surface area contributed by atoms with Crippen LogP contribution in [-0.2, 0) is 10.2 Å². The third-order valence-corrected chi connectivity index (χ3v) is 7.88. The number of methoxy groups -OCH3 is 1. The fraction of sp³-hybridized carbons (Fsp3) is 0.345. The van der Waals surface area contributed by atoms with Gasteiger partial charge in [-0.05, 0) is 45.1 Å². The van der Waals surface area contributed by atoms with Crippen LogP contribution in [0.3, 0.4) is 0 Å². The number of para-hydroxylation sites is 1. The van der Waals surface area contributed by atoms with Crippen LogP contribution in [0.5, 0.6) is 5.75 Å². The summed E-state index contributed by atoms with van der Waals surface area (Å²) in [6, 6.07) is 6.81. The summed E-state index contributed by atoms with van der Waals surface area (Å²) >= 11 is 6.37. The van der Waals surface area contributed by atoms with E-state index in [9.17, 15) is 9.59 Å². The van der Waals surface area contributed by atoms with Crippen LogP contribution in [0.25, 0.3) is 11.3 Å². The van der Waals surface area contributed by atoms with E-state index in [-0.39, 0.29) is 17.4 Å². The maximum atomic E-state index is 15.1. The first-order valence-electron chi connectivity index (χ1n) is 13.1. The molecular formula is C29H32ClFN6O3. The number of likely N-dealkylation sites (N-methyl/N-ethyl adjacent to an activating group) is 1. The van der Waals surface area contributed by atoms with E-state index < -0.39 is 11.2 Å². The topological polar surface area (TPSA) is 103 Å². The van der Waals surface area contributed by atoms with Gasteiger partial charge in [0.1, 0.15) is 0 Å². The number of carbonyl (C=O) groups excluding carboxylic acids is 2. The number of benzene rings is 1. The number of carbonyl (C=O) groups is 2. The third-order valence-electron chi connectivity index (χ3n) is 7.58. The van der Waals surface area contributed by atoms with Gasteiger partial charge in [-0.1, -0.05) is 23.7 Å². The fourth-order valence-electron chi connectivity index (χ4n) is 5.46. The van der Waals surface area contributed by atoms with Crippen LogP contribution in [0.15, 0.2) is 48.8 Å². The van der Waals surface area contributed by atoms with E-state index in [1.165, 1.54) is 13.3 Å². The highest BCUT2D eigenvalue weighted by Gasteiger charge is 2.46. The number of H-pyrrole nitrogens is 1. The van der Waals surface area contributed by atoms with Crippen LogP contribution in [0.2, 0.25) is 5.02 Å². The number of rotatable bonds is 7. The number of aromatic nitrogens is 2. The van der Waals surface area contributed by atoms with Crippen molar-refractivity contribution in [3.05, 3.63) is 70.9 Å². The van der Waals surface area contributed by atoms with E-state index >= 15 is 4.39 Å². The number of aromatic amines is 1. The normalized spacial score (nSPS) is 16.4. The summed E-state index contributed by atoms with van der Waals surface area (Å²) in [5.74, 6) is -0.425. The van der Waals surface area contributed by atoms with Crippen molar-refractivity contribution in [2.45, 2.75) is 18.3 Å². The van der Waals surface area contributed by atoms with E-state index in [0.29, 0.717) is 72.4 Å². The van der Waals surface area contributed by atoms with E-state index in [2.05, 4.69) is 20.6 Å². The highest BCUT2D eigenvalue weighted by Crippen LogP contribution is 2.47. The zero-order valence-corrected chi connectivity index (χ0v) is 23.4. The maximum Gasteiger partial charge on any atom is 0.255 e. The van der Waals surface area contributed by atoms with Crippen LogP contribution in [0.1, 0.15) is 28.9 Å². The average molecular weight is 567 g/mol. The third kappa shape index (κ3) is 5.16. The molecule has 210 valence electrons. The van der Waals surface area contributed by atoms with Gasteiger partial charge in [0.15, 0.2) is 11.6 Å². The molecule has 0 radical (unpaired) electrons. The first-order valence-corrected chi connectivity index (χ1v) is 13.5. The first-order chi connectivity index (χ1) is 19.2. The predicted octanol–water partition coefficient (Wildman–Crippen LogP) is 4.34. The number of anilines is 2. The van der Waals surface area contributed by atoms with Crippen LogP contribution in [0.4, 0.5) is 15.8 Å². The molecule has 9 nitrogen and oxygen atoms in total. The minimum absolute atomic E-state index is 0.0294. The number of nitrogens with zero attached hydrogens (tertiary/aromatic N) is 3. The number of ether oxygens (including phenoxy) is 1. The van der Waals surface area contributed by atoms with Crippen molar-refractivity contribution in [1.82, 2.24) is 25.1 Å². The molecule has 1 spiro atoms. The number of likely N-dealkylation sites (tertiary alicyclic amines) is 1. The number of piperidine rings is 1.